The predicted octanol–water partition coefficient (Wildman–Crippen LogP) is 0.931. The van der Waals surface area contributed by atoms with Gasteiger partial charge in [-0.05, 0) is 17.7 Å². The first-order chi connectivity index (χ1) is 12.1. The van der Waals surface area contributed by atoms with Crippen molar-refractivity contribution in [2.45, 2.75) is 6.04 Å². The standard InChI is InChI=1S/C16H11N9/c17-5-8-2-1-3-9(4-8)13-11-12(20)10(6-18)14(21)24-15(11)25-16(23-13)22-7-19/h1-4,13H,(H6,20,21,22,23,24,25). The first kappa shape index (κ1) is 15.6. The Balaban J connectivity index is 2.26. The zero-order valence-electron chi connectivity index (χ0n) is 12.8. The fourth-order valence-electron chi connectivity index (χ4n) is 2.60. The Hall–Kier alpha value is -4.29. The lowest BCUT2D eigenvalue weighted by Gasteiger charge is -2.26. The smallest absolute Gasteiger partial charge is 0.211 e. The number of aliphatic imine (C=N–C) groups is 1. The fraction of sp³-hybridized carbons (Fsp3) is 0.0625. The summed E-state index contributed by atoms with van der Waals surface area (Å²) in [5, 5.41) is 32.5. The summed E-state index contributed by atoms with van der Waals surface area (Å²) in [6.07, 6.45) is 1.78. The topological polar surface area (TPSA) is 173 Å². The number of hydrogen-bond donors (Lipinski definition) is 4. The molecule has 0 amide bonds. The van der Waals surface area contributed by atoms with Crippen molar-refractivity contribution in [2.75, 3.05) is 16.8 Å². The Morgan fingerprint density at radius 1 is 1.16 bits per heavy atom. The summed E-state index contributed by atoms with van der Waals surface area (Å²) in [7, 11) is 0. The van der Waals surface area contributed by atoms with Crippen molar-refractivity contribution in [1.82, 2.24) is 10.3 Å². The molecule has 0 aliphatic carbocycles. The van der Waals surface area contributed by atoms with Gasteiger partial charge in [-0.3, -0.25) is 5.32 Å². The first-order valence-electron chi connectivity index (χ1n) is 7.08. The van der Waals surface area contributed by atoms with Crippen molar-refractivity contribution in [3.8, 4) is 18.3 Å². The Morgan fingerprint density at radius 3 is 2.64 bits per heavy atom. The number of nitrogen functional groups attached to an aromatic ring is 2. The minimum atomic E-state index is -0.652. The molecule has 0 saturated heterocycles. The van der Waals surface area contributed by atoms with Crippen LogP contribution in [-0.4, -0.2) is 10.9 Å². The van der Waals surface area contributed by atoms with Crippen molar-refractivity contribution < 1.29 is 0 Å². The number of fused-ring (bicyclic) bond motifs is 1. The van der Waals surface area contributed by atoms with E-state index in [1.807, 2.05) is 6.07 Å². The van der Waals surface area contributed by atoms with Gasteiger partial charge < -0.3 is 16.8 Å². The maximum absolute atomic E-state index is 9.27. The summed E-state index contributed by atoms with van der Waals surface area (Å²) in [6.45, 7) is 0. The van der Waals surface area contributed by atoms with Crippen molar-refractivity contribution in [1.29, 1.82) is 15.8 Å². The molecule has 1 aliphatic rings. The van der Waals surface area contributed by atoms with E-state index in [1.165, 1.54) is 0 Å². The molecule has 1 aromatic heterocycles. The number of nitrogens with zero attached hydrogens (tertiary/aromatic N) is 5. The van der Waals surface area contributed by atoms with Crippen molar-refractivity contribution in [3.05, 3.63) is 46.5 Å². The second-order valence-electron chi connectivity index (χ2n) is 5.14. The number of guanidine groups is 1. The van der Waals surface area contributed by atoms with Crippen molar-refractivity contribution >= 4 is 23.3 Å². The van der Waals surface area contributed by atoms with Gasteiger partial charge in [0.25, 0.3) is 0 Å². The number of nitriles is 3. The third kappa shape index (κ3) is 2.61. The van der Waals surface area contributed by atoms with Gasteiger partial charge in [-0.1, -0.05) is 12.1 Å². The molecule has 3 rings (SSSR count). The summed E-state index contributed by atoms with van der Waals surface area (Å²) in [4.78, 5) is 8.58. The summed E-state index contributed by atoms with van der Waals surface area (Å²) < 4.78 is 0. The van der Waals surface area contributed by atoms with Crippen LogP contribution in [0.1, 0.15) is 28.3 Å². The Morgan fingerprint density at radius 2 is 1.96 bits per heavy atom. The molecule has 0 bridgehead atoms. The number of rotatable bonds is 1. The molecule has 9 heteroatoms. The van der Waals surface area contributed by atoms with Gasteiger partial charge in [0.05, 0.1) is 17.3 Å². The van der Waals surface area contributed by atoms with Crippen LogP contribution in [0.4, 0.5) is 17.3 Å². The molecule has 0 radical (unpaired) electrons. The van der Waals surface area contributed by atoms with Crippen molar-refractivity contribution in [3.63, 3.8) is 0 Å². The Kier molecular flexibility index (Phi) is 3.79. The van der Waals surface area contributed by atoms with Crippen LogP contribution >= 0.6 is 0 Å². The molecule has 1 aliphatic heterocycles. The van der Waals surface area contributed by atoms with Crippen LogP contribution in [-0.2, 0) is 0 Å². The molecular formula is C16H11N9. The molecule has 9 nitrogen and oxygen atoms in total. The van der Waals surface area contributed by atoms with Crippen molar-refractivity contribution in [2.24, 2.45) is 4.99 Å². The molecule has 0 spiro atoms. The first-order valence-corrected chi connectivity index (χ1v) is 7.08. The molecule has 2 heterocycles. The number of nitrogens with two attached hydrogens (primary N) is 2. The van der Waals surface area contributed by atoms with Gasteiger partial charge >= 0.3 is 0 Å². The zero-order chi connectivity index (χ0) is 18.0. The van der Waals surface area contributed by atoms with E-state index in [-0.39, 0.29) is 23.0 Å². The molecule has 2 aromatic rings. The third-order valence-corrected chi connectivity index (χ3v) is 3.69. The molecule has 0 fully saturated rings. The Labute approximate surface area is 142 Å². The van der Waals surface area contributed by atoms with E-state index < -0.39 is 6.04 Å². The zero-order valence-corrected chi connectivity index (χ0v) is 12.8. The monoisotopic (exact) mass is 329 g/mol. The highest BCUT2D eigenvalue weighted by Crippen LogP contribution is 2.40. The minimum Gasteiger partial charge on any atom is -0.397 e. The number of nitrogens with one attached hydrogen (secondary N) is 2. The van der Waals surface area contributed by atoms with Crippen LogP contribution in [0.2, 0.25) is 0 Å². The van der Waals surface area contributed by atoms with Gasteiger partial charge in [-0.25, -0.2) is 9.98 Å². The normalized spacial score (nSPS) is 14.8. The van der Waals surface area contributed by atoms with E-state index in [1.54, 1.807) is 30.5 Å². The quantitative estimate of drug-likeness (QED) is 0.441. The lowest BCUT2D eigenvalue weighted by Crippen LogP contribution is -2.32. The minimum absolute atomic E-state index is 0.0195. The molecular weight excluding hydrogens is 318 g/mol. The molecule has 1 unspecified atom stereocenters. The molecule has 6 N–H and O–H groups in total. The molecule has 0 saturated carbocycles. The van der Waals surface area contributed by atoms with E-state index in [0.717, 1.165) is 0 Å². The van der Waals surface area contributed by atoms with Gasteiger partial charge in [0.2, 0.25) is 5.96 Å². The number of pyridine rings is 1. The van der Waals surface area contributed by atoms with E-state index in [2.05, 4.69) is 26.7 Å². The highest BCUT2D eigenvalue weighted by molar-refractivity contribution is 5.98. The lowest BCUT2D eigenvalue weighted by molar-refractivity contribution is 0.846. The molecule has 1 aromatic carbocycles. The van der Waals surface area contributed by atoms with Gasteiger partial charge in [-0.15, -0.1) is 0 Å². The van der Waals surface area contributed by atoms with Gasteiger partial charge in [0.1, 0.15) is 29.3 Å². The predicted molar refractivity (Wildman–Crippen MR) is 90.6 cm³/mol. The maximum atomic E-state index is 9.27. The van der Waals surface area contributed by atoms with E-state index in [4.69, 9.17) is 22.0 Å². The SMILES string of the molecule is N#CNC1=NC(c2cccc(C#N)c2)c2c(nc(N)c(C#N)c2N)N1. The van der Waals surface area contributed by atoms with E-state index >= 15 is 0 Å². The highest BCUT2D eigenvalue weighted by atomic mass is 15.2. The third-order valence-electron chi connectivity index (χ3n) is 3.69. The molecule has 120 valence electrons. The largest absolute Gasteiger partial charge is 0.397 e. The highest BCUT2D eigenvalue weighted by Gasteiger charge is 2.29. The average Bonchev–Trinajstić information content (AvgIpc) is 2.61. The van der Waals surface area contributed by atoms with Gasteiger partial charge in [-0.2, -0.15) is 15.8 Å². The number of anilines is 3. The van der Waals surface area contributed by atoms with Gasteiger partial charge in [0.15, 0.2) is 6.19 Å². The second-order valence-corrected chi connectivity index (χ2v) is 5.14. The summed E-state index contributed by atoms with van der Waals surface area (Å²) in [5.41, 5.74) is 13.7. The summed E-state index contributed by atoms with van der Waals surface area (Å²) >= 11 is 0. The van der Waals surface area contributed by atoms with Gasteiger partial charge in [0, 0.05) is 5.56 Å². The van der Waals surface area contributed by atoms with Crippen LogP contribution in [0.15, 0.2) is 29.3 Å². The molecule has 1 atom stereocenters. The number of aromatic nitrogens is 1. The lowest BCUT2D eigenvalue weighted by atomic mass is 9.94. The molecule has 25 heavy (non-hydrogen) atoms. The van der Waals surface area contributed by atoms with E-state index in [9.17, 15) is 5.26 Å². The summed E-state index contributed by atoms with van der Waals surface area (Å²) in [6, 6.07) is 10.2. The van der Waals surface area contributed by atoms with E-state index in [0.29, 0.717) is 22.5 Å². The van der Waals surface area contributed by atoms with Crippen LogP contribution in [0.3, 0.4) is 0 Å². The Bertz CT molecular complexity index is 1020. The number of benzene rings is 1. The summed E-state index contributed by atoms with van der Waals surface area (Å²) in [5.74, 6) is 0.446. The second kappa shape index (κ2) is 6.07. The number of hydrogen-bond acceptors (Lipinski definition) is 9. The average molecular weight is 329 g/mol. The van der Waals surface area contributed by atoms with Crippen LogP contribution in [0.25, 0.3) is 0 Å². The maximum Gasteiger partial charge on any atom is 0.211 e. The van der Waals surface area contributed by atoms with Crippen LogP contribution < -0.4 is 22.1 Å². The van der Waals surface area contributed by atoms with Crippen LogP contribution in [0.5, 0.6) is 0 Å². The van der Waals surface area contributed by atoms with Crippen LogP contribution in [0, 0.1) is 34.1 Å². The fourth-order valence-corrected chi connectivity index (χ4v) is 2.60.